The second kappa shape index (κ2) is 15.2. The van der Waals surface area contributed by atoms with Crippen LogP contribution >= 0.6 is 0 Å². The van der Waals surface area contributed by atoms with Gasteiger partial charge < -0.3 is 9.47 Å². The van der Waals surface area contributed by atoms with Gasteiger partial charge in [0.2, 0.25) is 0 Å². The summed E-state index contributed by atoms with van der Waals surface area (Å²) in [5.41, 5.74) is 4.89. The zero-order valence-electron chi connectivity index (χ0n) is 22.1. The van der Waals surface area contributed by atoms with Crippen LogP contribution in [0.4, 0.5) is 0 Å². The van der Waals surface area contributed by atoms with Crippen LogP contribution < -0.4 is 0 Å². The number of unbranched alkanes of at least 4 members (excludes halogenated alkanes) is 1. The Balaban J connectivity index is 1.31. The smallest absolute Gasteiger partial charge is 0.0464 e. The van der Waals surface area contributed by atoms with Crippen molar-refractivity contribution in [3.05, 3.63) is 34.9 Å². The lowest BCUT2D eigenvalue weighted by Gasteiger charge is -2.31. The number of benzene rings is 1. The molecule has 1 saturated carbocycles. The van der Waals surface area contributed by atoms with E-state index in [1.807, 2.05) is 14.2 Å². The first-order valence-electron chi connectivity index (χ1n) is 14.3. The van der Waals surface area contributed by atoms with Gasteiger partial charge in [-0.1, -0.05) is 76.5 Å². The number of methoxy groups -OCH3 is 2. The average molecular weight is 457 g/mol. The van der Waals surface area contributed by atoms with Crippen molar-refractivity contribution in [3.63, 3.8) is 0 Å². The molecule has 1 aromatic carbocycles. The zero-order chi connectivity index (χ0) is 23.3. The van der Waals surface area contributed by atoms with Crippen molar-refractivity contribution in [2.45, 2.75) is 110 Å². The average Bonchev–Trinajstić information content (AvgIpc) is 2.84. The molecule has 0 spiro atoms. The molecule has 0 aromatic heterocycles. The molecular weight excluding hydrogens is 404 g/mol. The third-order valence-corrected chi connectivity index (χ3v) is 8.72. The van der Waals surface area contributed by atoms with Crippen LogP contribution in [0.1, 0.15) is 107 Å². The van der Waals surface area contributed by atoms with Crippen molar-refractivity contribution >= 4 is 0 Å². The molecule has 3 rings (SSSR count). The third kappa shape index (κ3) is 9.36. The zero-order valence-corrected chi connectivity index (χ0v) is 22.1. The predicted octanol–water partition coefficient (Wildman–Crippen LogP) is 8.19. The topological polar surface area (TPSA) is 18.5 Å². The van der Waals surface area contributed by atoms with Crippen LogP contribution in [0.2, 0.25) is 0 Å². The molecule has 1 fully saturated rings. The summed E-state index contributed by atoms with van der Waals surface area (Å²) < 4.78 is 10.7. The van der Waals surface area contributed by atoms with Crippen LogP contribution in [-0.2, 0) is 28.7 Å². The molecule has 188 valence electrons. The summed E-state index contributed by atoms with van der Waals surface area (Å²) in [5.74, 6) is 3.63. The summed E-state index contributed by atoms with van der Waals surface area (Å²) in [6, 6.07) is 7.44. The van der Waals surface area contributed by atoms with Gasteiger partial charge in [0.1, 0.15) is 0 Å². The van der Waals surface area contributed by atoms with E-state index >= 15 is 0 Å². The molecule has 2 heteroatoms. The van der Waals surface area contributed by atoms with Gasteiger partial charge in [0, 0.05) is 27.4 Å². The number of hydrogen-bond donors (Lipinski definition) is 0. The SMILES string of the molecule is CCCC1CCc2cc(CCCCC3CCC(CC(CCOC)CCOC)CC3)ccc2C1. The highest BCUT2D eigenvalue weighted by atomic mass is 16.5. The number of fused-ring (bicyclic) bond motifs is 1. The first-order valence-corrected chi connectivity index (χ1v) is 14.3. The normalized spacial score (nSPS) is 23.1. The summed E-state index contributed by atoms with van der Waals surface area (Å²) in [4.78, 5) is 0. The van der Waals surface area contributed by atoms with E-state index in [4.69, 9.17) is 9.47 Å². The standard InChI is InChI=1S/C31H52O2/c1-4-7-26-14-16-31-24-27(15-17-30(31)23-26)9-6-5-8-25-10-12-28(13-11-25)22-29(18-20-32-2)19-21-33-3/h15,17,24-26,28-29H,4-14,16,18-23H2,1-3H3. The molecule has 2 nitrogen and oxygen atoms in total. The minimum atomic E-state index is 0.778. The lowest BCUT2D eigenvalue weighted by molar-refractivity contribution is 0.128. The predicted molar refractivity (Wildman–Crippen MR) is 141 cm³/mol. The van der Waals surface area contributed by atoms with Crippen LogP contribution in [0.15, 0.2) is 18.2 Å². The van der Waals surface area contributed by atoms with E-state index in [-0.39, 0.29) is 0 Å². The van der Waals surface area contributed by atoms with Gasteiger partial charge in [-0.15, -0.1) is 0 Å². The van der Waals surface area contributed by atoms with Crippen LogP contribution in [0.25, 0.3) is 0 Å². The van der Waals surface area contributed by atoms with Gasteiger partial charge in [-0.3, -0.25) is 0 Å². The van der Waals surface area contributed by atoms with Crippen molar-refractivity contribution in [2.24, 2.45) is 23.7 Å². The Bertz CT molecular complexity index is 638. The van der Waals surface area contributed by atoms with Crippen molar-refractivity contribution in [3.8, 4) is 0 Å². The minimum absolute atomic E-state index is 0.778. The Morgan fingerprint density at radius 2 is 1.55 bits per heavy atom. The Kier molecular flexibility index (Phi) is 12.3. The molecule has 1 aromatic rings. The molecule has 0 heterocycles. The number of rotatable bonds is 15. The monoisotopic (exact) mass is 456 g/mol. The first kappa shape index (κ1) is 26.7. The Morgan fingerprint density at radius 1 is 0.818 bits per heavy atom. The highest BCUT2D eigenvalue weighted by Gasteiger charge is 2.24. The van der Waals surface area contributed by atoms with E-state index in [0.29, 0.717) is 0 Å². The lowest BCUT2D eigenvalue weighted by atomic mass is 9.75. The Hall–Kier alpha value is -0.860. The van der Waals surface area contributed by atoms with E-state index < -0.39 is 0 Å². The fourth-order valence-corrected chi connectivity index (χ4v) is 6.63. The highest BCUT2D eigenvalue weighted by molar-refractivity contribution is 5.34. The second-order valence-corrected chi connectivity index (χ2v) is 11.3. The van der Waals surface area contributed by atoms with E-state index in [2.05, 4.69) is 25.1 Å². The fourth-order valence-electron chi connectivity index (χ4n) is 6.63. The second-order valence-electron chi connectivity index (χ2n) is 11.3. The van der Waals surface area contributed by atoms with Crippen molar-refractivity contribution < 1.29 is 9.47 Å². The number of ether oxygens (including phenoxy) is 2. The van der Waals surface area contributed by atoms with Gasteiger partial charge in [0.15, 0.2) is 0 Å². The van der Waals surface area contributed by atoms with Crippen molar-refractivity contribution in [2.75, 3.05) is 27.4 Å². The Morgan fingerprint density at radius 3 is 2.24 bits per heavy atom. The fraction of sp³-hybridized carbons (Fsp3) is 0.806. The van der Waals surface area contributed by atoms with E-state index in [9.17, 15) is 0 Å². The van der Waals surface area contributed by atoms with Crippen LogP contribution in [0, 0.1) is 23.7 Å². The maximum Gasteiger partial charge on any atom is 0.0464 e. The van der Waals surface area contributed by atoms with Gasteiger partial charge >= 0.3 is 0 Å². The Labute approximate surface area is 205 Å². The maximum atomic E-state index is 5.34. The molecule has 2 aliphatic carbocycles. The summed E-state index contributed by atoms with van der Waals surface area (Å²) in [6.45, 7) is 4.12. The van der Waals surface area contributed by atoms with Gasteiger partial charge in [0.05, 0.1) is 0 Å². The van der Waals surface area contributed by atoms with E-state index in [1.165, 1.54) is 103 Å². The van der Waals surface area contributed by atoms with Gasteiger partial charge in [0.25, 0.3) is 0 Å². The molecule has 0 amide bonds. The highest BCUT2D eigenvalue weighted by Crippen LogP contribution is 2.36. The lowest BCUT2D eigenvalue weighted by Crippen LogP contribution is -2.19. The summed E-state index contributed by atoms with van der Waals surface area (Å²) in [6.07, 6.45) is 21.9. The molecule has 1 atom stereocenters. The molecule has 0 saturated heterocycles. The van der Waals surface area contributed by atoms with Crippen molar-refractivity contribution in [1.82, 2.24) is 0 Å². The summed E-state index contributed by atoms with van der Waals surface area (Å²) >= 11 is 0. The van der Waals surface area contributed by atoms with Crippen LogP contribution in [0.5, 0.6) is 0 Å². The first-order chi connectivity index (χ1) is 16.2. The van der Waals surface area contributed by atoms with Gasteiger partial charge in [-0.2, -0.15) is 0 Å². The third-order valence-electron chi connectivity index (χ3n) is 8.72. The van der Waals surface area contributed by atoms with Crippen LogP contribution in [0.3, 0.4) is 0 Å². The van der Waals surface area contributed by atoms with E-state index in [1.54, 1.807) is 16.7 Å². The number of aryl methyl sites for hydroxylation is 2. The molecule has 0 bridgehead atoms. The summed E-state index contributed by atoms with van der Waals surface area (Å²) in [7, 11) is 3.65. The quantitative estimate of drug-likeness (QED) is 0.248. The molecule has 0 radical (unpaired) electrons. The molecule has 1 unspecified atom stereocenters. The van der Waals surface area contributed by atoms with E-state index in [0.717, 1.165) is 36.9 Å². The maximum absolute atomic E-state index is 5.34. The molecule has 2 aliphatic rings. The van der Waals surface area contributed by atoms with Crippen molar-refractivity contribution in [1.29, 1.82) is 0 Å². The van der Waals surface area contributed by atoms with Gasteiger partial charge in [-0.25, -0.2) is 0 Å². The summed E-state index contributed by atoms with van der Waals surface area (Å²) in [5, 5.41) is 0. The molecule has 0 N–H and O–H groups in total. The molecule has 0 aliphatic heterocycles. The van der Waals surface area contributed by atoms with Crippen LogP contribution in [-0.4, -0.2) is 27.4 Å². The largest absolute Gasteiger partial charge is 0.385 e. The molecule has 33 heavy (non-hydrogen) atoms. The number of hydrogen-bond acceptors (Lipinski definition) is 2. The van der Waals surface area contributed by atoms with Gasteiger partial charge in [-0.05, 0) is 91.7 Å². The minimum Gasteiger partial charge on any atom is -0.385 e. The molecular formula is C31H52O2.